The lowest BCUT2D eigenvalue weighted by Gasteiger charge is -2.20. The molecule has 3 aromatic carbocycles. The number of carbonyl (C=O) groups is 2. The Kier molecular flexibility index (Phi) is 7.82. The van der Waals surface area contributed by atoms with Crippen LogP contribution in [0.5, 0.6) is 0 Å². The molecule has 3 rings (SSSR count). The van der Waals surface area contributed by atoms with Gasteiger partial charge < -0.3 is 5.32 Å². The van der Waals surface area contributed by atoms with E-state index >= 15 is 0 Å². The van der Waals surface area contributed by atoms with E-state index in [1.807, 2.05) is 39.0 Å². The molecule has 33 heavy (non-hydrogen) atoms. The maximum Gasteiger partial charge on any atom is 0.293 e. The molecular formula is C27H29NO4S. The van der Waals surface area contributed by atoms with Gasteiger partial charge in [0.15, 0.2) is 15.1 Å². The van der Waals surface area contributed by atoms with Crippen molar-refractivity contribution in [2.45, 2.75) is 44.1 Å². The Balaban J connectivity index is 1.99. The fraction of sp³-hybridized carbons (Fsp3) is 0.259. The minimum Gasteiger partial charge on any atom is -0.319 e. The minimum atomic E-state index is -4.02. The highest BCUT2D eigenvalue weighted by Gasteiger charge is 2.38. The second-order valence-corrected chi connectivity index (χ2v) is 10.4. The van der Waals surface area contributed by atoms with E-state index in [1.165, 1.54) is 0 Å². The molecule has 0 aliphatic heterocycles. The molecule has 0 aromatic heterocycles. The Hall–Kier alpha value is -3.25. The van der Waals surface area contributed by atoms with Crippen LogP contribution in [0.4, 0.5) is 5.69 Å². The van der Waals surface area contributed by atoms with Crippen molar-refractivity contribution in [2.24, 2.45) is 0 Å². The highest BCUT2D eigenvalue weighted by Crippen LogP contribution is 2.31. The summed E-state index contributed by atoms with van der Waals surface area (Å²) in [5.41, 5.74) is 3.22. The van der Waals surface area contributed by atoms with E-state index < -0.39 is 26.8 Å². The number of hydrogen-bond acceptors (Lipinski definition) is 4. The van der Waals surface area contributed by atoms with Gasteiger partial charge in [-0.3, -0.25) is 9.59 Å². The number of amides is 1. The van der Waals surface area contributed by atoms with Gasteiger partial charge in [0.05, 0.1) is 5.75 Å². The molecule has 0 bridgehead atoms. The molecule has 6 heteroatoms. The predicted molar refractivity (Wildman–Crippen MR) is 132 cm³/mol. The van der Waals surface area contributed by atoms with E-state index in [-0.39, 0.29) is 17.2 Å². The van der Waals surface area contributed by atoms with Crippen LogP contribution < -0.4 is 5.32 Å². The highest BCUT2D eigenvalue weighted by atomic mass is 32.2. The van der Waals surface area contributed by atoms with Gasteiger partial charge >= 0.3 is 0 Å². The lowest BCUT2D eigenvalue weighted by molar-refractivity contribution is -0.134. The van der Waals surface area contributed by atoms with Crippen LogP contribution in [0.15, 0.2) is 78.9 Å². The van der Waals surface area contributed by atoms with Crippen molar-refractivity contribution in [3.05, 3.63) is 101 Å². The van der Waals surface area contributed by atoms with E-state index in [4.69, 9.17) is 0 Å². The number of ketones is 1. The Labute approximate surface area is 195 Å². The standard InChI is InChI=1S/C27H29NO4S/c1-4-21-16-11-17-23(19(2)3)24(21)28-27(30)25(29)26(22-14-9-6-10-15-22)33(31,32)18-20-12-7-5-8-13-20/h5-17,19,26H,4,18H2,1-3H3,(H,28,30)/t26-/m0/s1. The summed E-state index contributed by atoms with van der Waals surface area (Å²) in [5.74, 6) is -2.13. The van der Waals surface area contributed by atoms with E-state index in [9.17, 15) is 18.0 Å². The normalized spacial score (nSPS) is 12.4. The number of para-hydroxylation sites is 1. The molecule has 0 spiro atoms. The molecule has 0 heterocycles. The molecule has 3 aromatic rings. The number of anilines is 1. The summed E-state index contributed by atoms with van der Waals surface area (Å²) in [6.45, 7) is 5.97. The van der Waals surface area contributed by atoms with Crippen molar-refractivity contribution in [3.8, 4) is 0 Å². The van der Waals surface area contributed by atoms with Crippen LogP contribution in [0, 0.1) is 0 Å². The molecule has 0 radical (unpaired) electrons. The number of carbonyl (C=O) groups excluding carboxylic acids is 2. The van der Waals surface area contributed by atoms with Crippen LogP contribution in [-0.4, -0.2) is 20.1 Å². The summed E-state index contributed by atoms with van der Waals surface area (Å²) in [6.07, 6.45) is 0.665. The molecular weight excluding hydrogens is 434 g/mol. The Bertz CT molecular complexity index is 1220. The first-order valence-corrected chi connectivity index (χ1v) is 12.7. The van der Waals surface area contributed by atoms with Gasteiger partial charge in [-0.15, -0.1) is 0 Å². The molecule has 0 saturated heterocycles. The SMILES string of the molecule is CCc1cccc(C(C)C)c1NC(=O)C(=O)[C@H](c1ccccc1)S(=O)(=O)Cc1ccccc1. The number of nitrogens with one attached hydrogen (secondary N) is 1. The molecule has 0 fully saturated rings. The van der Waals surface area contributed by atoms with Gasteiger partial charge in [0.1, 0.15) is 0 Å². The highest BCUT2D eigenvalue weighted by molar-refractivity contribution is 7.91. The Morgan fingerprint density at radius 1 is 0.848 bits per heavy atom. The molecule has 172 valence electrons. The molecule has 1 amide bonds. The average Bonchev–Trinajstić information content (AvgIpc) is 2.80. The van der Waals surface area contributed by atoms with Crippen LogP contribution in [0.3, 0.4) is 0 Å². The number of aryl methyl sites for hydroxylation is 1. The quantitative estimate of drug-likeness (QED) is 0.440. The summed E-state index contributed by atoms with van der Waals surface area (Å²) in [5, 5.41) is 1.16. The van der Waals surface area contributed by atoms with E-state index in [1.54, 1.807) is 60.7 Å². The first-order valence-electron chi connectivity index (χ1n) is 11.0. The second-order valence-electron chi connectivity index (χ2n) is 8.29. The van der Waals surface area contributed by atoms with Gasteiger partial charge in [-0.1, -0.05) is 99.6 Å². The maximum atomic E-state index is 13.4. The molecule has 1 atom stereocenters. The van der Waals surface area contributed by atoms with Crippen molar-refractivity contribution in [1.82, 2.24) is 0 Å². The third kappa shape index (κ3) is 5.76. The van der Waals surface area contributed by atoms with Crippen LogP contribution in [-0.2, 0) is 31.6 Å². The van der Waals surface area contributed by atoms with Crippen molar-refractivity contribution in [2.75, 3.05) is 5.32 Å². The summed E-state index contributed by atoms with van der Waals surface area (Å²) in [4.78, 5) is 26.5. The smallest absolute Gasteiger partial charge is 0.293 e. The van der Waals surface area contributed by atoms with Crippen molar-refractivity contribution in [3.63, 3.8) is 0 Å². The lowest BCUT2D eigenvalue weighted by Crippen LogP contribution is -2.34. The molecule has 0 aliphatic carbocycles. The third-order valence-electron chi connectivity index (χ3n) is 5.56. The van der Waals surface area contributed by atoms with Gasteiger partial charge in [-0.25, -0.2) is 8.42 Å². The molecule has 0 unspecified atom stereocenters. The zero-order valence-electron chi connectivity index (χ0n) is 19.1. The third-order valence-corrected chi connectivity index (χ3v) is 7.50. The molecule has 5 nitrogen and oxygen atoms in total. The Morgan fingerprint density at radius 3 is 2.03 bits per heavy atom. The van der Waals surface area contributed by atoms with Gasteiger partial charge in [-0.05, 0) is 34.6 Å². The van der Waals surface area contributed by atoms with Gasteiger partial charge in [0.2, 0.25) is 5.78 Å². The molecule has 0 aliphatic rings. The first-order chi connectivity index (χ1) is 15.7. The minimum absolute atomic E-state index is 0.119. The zero-order chi connectivity index (χ0) is 24.0. The average molecular weight is 464 g/mol. The summed E-state index contributed by atoms with van der Waals surface area (Å²) in [7, 11) is -4.02. The number of Topliss-reactive ketones (excluding diaryl/α,β-unsaturated/α-hetero) is 1. The van der Waals surface area contributed by atoms with Gasteiger partial charge in [0, 0.05) is 5.69 Å². The largest absolute Gasteiger partial charge is 0.319 e. The molecule has 1 N–H and O–H groups in total. The monoisotopic (exact) mass is 463 g/mol. The zero-order valence-corrected chi connectivity index (χ0v) is 19.9. The number of sulfone groups is 1. The van der Waals surface area contributed by atoms with Crippen LogP contribution in [0.1, 0.15) is 54.2 Å². The summed E-state index contributed by atoms with van der Waals surface area (Å²) in [6, 6.07) is 22.6. The predicted octanol–water partition coefficient (Wildman–Crippen LogP) is 5.24. The number of rotatable bonds is 9. The van der Waals surface area contributed by atoms with Crippen LogP contribution in [0.2, 0.25) is 0 Å². The van der Waals surface area contributed by atoms with E-state index in [0.29, 0.717) is 17.7 Å². The fourth-order valence-electron chi connectivity index (χ4n) is 3.88. The lowest BCUT2D eigenvalue weighted by atomic mass is 9.96. The maximum absolute atomic E-state index is 13.4. The topological polar surface area (TPSA) is 80.3 Å². The van der Waals surface area contributed by atoms with Gasteiger partial charge in [0.25, 0.3) is 5.91 Å². The van der Waals surface area contributed by atoms with Crippen LogP contribution >= 0.6 is 0 Å². The van der Waals surface area contributed by atoms with E-state index in [2.05, 4.69) is 5.32 Å². The number of benzene rings is 3. The fourth-order valence-corrected chi connectivity index (χ4v) is 5.71. The van der Waals surface area contributed by atoms with Crippen LogP contribution in [0.25, 0.3) is 0 Å². The Morgan fingerprint density at radius 2 is 1.45 bits per heavy atom. The summed E-state index contributed by atoms with van der Waals surface area (Å²) < 4.78 is 26.8. The second kappa shape index (κ2) is 10.6. The van der Waals surface area contributed by atoms with Crippen molar-refractivity contribution < 1.29 is 18.0 Å². The first kappa shape index (κ1) is 24.4. The van der Waals surface area contributed by atoms with Crippen molar-refractivity contribution >= 4 is 27.2 Å². The van der Waals surface area contributed by atoms with E-state index in [0.717, 1.165) is 11.1 Å². The summed E-state index contributed by atoms with van der Waals surface area (Å²) >= 11 is 0. The van der Waals surface area contributed by atoms with Crippen molar-refractivity contribution in [1.29, 1.82) is 0 Å². The number of hydrogen-bond donors (Lipinski definition) is 1. The van der Waals surface area contributed by atoms with Gasteiger partial charge in [-0.2, -0.15) is 0 Å². The molecule has 0 saturated carbocycles.